The summed E-state index contributed by atoms with van der Waals surface area (Å²) in [6.45, 7) is 1.71. The normalized spacial score (nSPS) is 12.4. The van der Waals surface area contributed by atoms with E-state index >= 15 is 0 Å². The van der Waals surface area contributed by atoms with Crippen LogP contribution >= 0.6 is 0 Å². The molecule has 0 aromatic heterocycles. The average Bonchev–Trinajstić information content (AvgIpc) is 2.47. The first kappa shape index (κ1) is 14.8. The first-order chi connectivity index (χ1) is 10.1. The number of fused-ring (bicyclic) bond motifs is 1. The van der Waals surface area contributed by atoms with Gasteiger partial charge in [0.15, 0.2) is 0 Å². The van der Waals surface area contributed by atoms with Gasteiger partial charge in [-0.2, -0.15) is 0 Å². The van der Waals surface area contributed by atoms with Gasteiger partial charge in [0.1, 0.15) is 6.04 Å². The molecule has 0 bridgehead atoms. The monoisotopic (exact) mass is 283 g/mol. The Hall–Kier alpha value is -2.62. The molecule has 0 aliphatic carbocycles. The van der Waals surface area contributed by atoms with Gasteiger partial charge in [0.25, 0.3) is 0 Å². The van der Waals surface area contributed by atoms with E-state index in [0.717, 1.165) is 16.3 Å². The summed E-state index contributed by atoms with van der Waals surface area (Å²) >= 11 is 0. The lowest BCUT2D eigenvalue weighted by atomic mass is 9.99. The van der Waals surface area contributed by atoms with Gasteiger partial charge in [-0.25, -0.2) is 4.79 Å². The molecule has 2 N–H and O–H groups in total. The molecule has 2 aromatic rings. The van der Waals surface area contributed by atoms with Gasteiger partial charge in [0.2, 0.25) is 5.91 Å². The average molecular weight is 283 g/mol. The molecule has 0 fully saturated rings. The van der Waals surface area contributed by atoms with E-state index in [0.29, 0.717) is 0 Å². The summed E-state index contributed by atoms with van der Waals surface area (Å²) in [5.41, 5.74) is 0.904. The lowest BCUT2D eigenvalue weighted by Crippen LogP contribution is -2.41. The van der Waals surface area contributed by atoms with Crippen LogP contribution in [0.5, 0.6) is 0 Å². The van der Waals surface area contributed by atoms with Crippen molar-refractivity contribution in [3.63, 3.8) is 0 Å². The van der Waals surface area contributed by atoms with Crippen molar-refractivity contribution in [2.24, 2.45) is 0 Å². The van der Waals surface area contributed by atoms with Crippen LogP contribution in [-0.4, -0.2) is 23.0 Å². The molecule has 0 unspecified atom stereocenters. The Morgan fingerprint density at radius 1 is 1.19 bits per heavy atom. The smallest absolute Gasteiger partial charge is 0.326 e. The number of nitrogens with one attached hydrogen (secondary N) is 1. The molecule has 0 spiro atoms. The van der Waals surface area contributed by atoms with Crippen LogP contribution in [-0.2, 0) is 16.0 Å². The third-order valence-corrected chi connectivity index (χ3v) is 3.24. The highest BCUT2D eigenvalue weighted by molar-refractivity contribution is 5.92. The molecule has 0 saturated carbocycles. The van der Waals surface area contributed by atoms with Gasteiger partial charge in [-0.15, -0.1) is 0 Å². The Morgan fingerprint density at radius 3 is 2.62 bits per heavy atom. The first-order valence-corrected chi connectivity index (χ1v) is 6.74. The number of carboxylic acids is 1. The molecule has 0 aliphatic rings. The van der Waals surface area contributed by atoms with Crippen LogP contribution in [0.1, 0.15) is 12.5 Å². The quantitative estimate of drug-likeness (QED) is 0.829. The summed E-state index contributed by atoms with van der Waals surface area (Å²) in [5.74, 6) is -1.44. The Balaban J connectivity index is 2.27. The molecule has 108 valence electrons. The predicted octanol–water partition coefficient (Wildman–Crippen LogP) is 2.53. The number of benzene rings is 2. The van der Waals surface area contributed by atoms with Gasteiger partial charge in [0.05, 0.1) is 0 Å². The van der Waals surface area contributed by atoms with Crippen LogP contribution in [0.25, 0.3) is 10.8 Å². The number of rotatable bonds is 5. The number of amides is 1. The van der Waals surface area contributed by atoms with Crippen molar-refractivity contribution in [1.82, 2.24) is 5.32 Å². The second-order valence-electron chi connectivity index (χ2n) is 4.74. The topological polar surface area (TPSA) is 66.4 Å². The maximum absolute atomic E-state index is 11.6. The summed E-state index contributed by atoms with van der Waals surface area (Å²) in [6, 6.07) is 12.6. The molecule has 2 rings (SSSR count). The largest absolute Gasteiger partial charge is 0.480 e. The maximum atomic E-state index is 11.6. The van der Waals surface area contributed by atoms with Gasteiger partial charge < -0.3 is 10.4 Å². The minimum absolute atomic E-state index is 0.250. The lowest BCUT2D eigenvalue weighted by molar-refractivity contribution is -0.141. The van der Waals surface area contributed by atoms with E-state index in [-0.39, 0.29) is 6.42 Å². The molecule has 0 heterocycles. The zero-order valence-electron chi connectivity index (χ0n) is 11.7. The highest BCUT2D eigenvalue weighted by atomic mass is 16.4. The van der Waals surface area contributed by atoms with Gasteiger partial charge in [-0.3, -0.25) is 4.79 Å². The number of hydrogen-bond acceptors (Lipinski definition) is 2. The van der Waals surface area contributed by atoms with Crippen LogP contribution in [0.15, 0.2) is 54.6 Å². The lowest BCUT2D eigenvalue weighted by Gasteiger charge is -2.15. The van der Waals surface area contributed by atoms with Gasteiger partial charge >= 0.3 is 5.97 Å². The second kappa shape index (κ2) is 6.70. The second-order valence-corrected chi connectivity index (χ2v) is 4.74. The molecular formula is C17H17NO3. The fourth-order valence-corrected chi connectivity index (χ4v) is 2.26. The number of carbonyl (C=O) groups excluding carboxylic acids is 1. The molecule has 0 saturated heterocycles. The first-order valence-electron chi connectivity index (χ1n) is 6.74. The van der Waals surface area contributed by atoms with Crippen molar-refractivity contribution in [1.29, 1.82) is 0 Å². The minimum Gasteiger partial charge on any atom is -0.480 e. The fourth-order valence-electron chi connectivity index (χ4n) is 2.26. The van der Waals surface area contributed by atoms with E-state index in [1.54, 1.807) is 13.0 Å². The van der Waals surface area contributed by atoms with E-state index in [1.165, 1.54) is 6.08 Å². The van der Waals surface area contributed by atoms with Crippen LogP contribution in [0.2, 0.25) is 0 Å². The standard InChI is InChI=1S/C17H17NO3/c1-2-6-16(19)18-15(17(20)21)11-13-9-5-8-12-7-3-4-10-14(12)13/h2-10,15H,11H2,1H3,(H,18,19)(H,20,21)/b6-2+/t15-/m0/s1. The summed E-state index contributed by atoms with van der Waals surface area (Å²) in [6.07, 6.45) is 3.14. The number of hydrogen-bond donors (Lipinski definition) is 2. The molecule has 1 atom stereocenters. The van der Waals surface area contributed by atoms with Crippen molar-refractivity contribution in [3.05, 3.63) is 60.2 Å². The summed E-state index contributed by atoms with van der Waals surface area (Å²) in [4.78, 5) is 22.9. The Kier molecular flexibility index (Phi) is 4.72. The van der Waals surface area contributed by atoms with Gasteiger partial charge in [0, 0.05) is 6.42 Å². The van der Waals surface area contributed by atoms with E-state index in [9.17, 15) is 14.7 Å². The summed E-state index contributed by atoms with van der Waals surface area (Å²) < 4.78 is 0. The van der Waals surface area contributed by atoms with Crippen molar-refractivity contribution < 1.29 is 14.7 Å². The minimum atomic E-state index is -1.04. The predicted molar refractivity (Wildman–Crippen MR) is 82.0 cm³/mol. The molecule has 1 amide bonds. The zero-order chi connectivity index (χ0) is 15.2. The molecule has 2 aromatic carbocycles. The fraction of sp³-hybridized carbons (Fsp3) is 0.176. The van der Waals surface area contributed by atoms with Crippen LogP contribution in [0.3, 0.4) is 0 Å². The van der Waals surface area contributed by atoms with E-state index in [4.69, 9.17) is 0 Å². The molecule has 0 aliphatic heterocycles. The maximum Gasteiger partial charge on any atom is 0.326 e. The van der Waals surface area contributed by atoms with E-state index < -0.39 is 17.9 Å². The SMILES string of the molecule is C/C=C/C(=O)N[C@@H](Cc1cccc2ccccc12)C(=O)O. The van der Waals surface area contributed by atoms with Gasteiger partial charge in [-0.1, -0.05) is 48.5 Å². The molecular weight excluding hydrogens is 266 g/mol. The molecule has 0 radical (unpaired) electrons. The highest BCUT2D eigenvalue weighted by Crippen LogP contribution is 2.19. The summed E-state index contributed by atoms with van der Waals surface area (Å²) in [5, 5.41) is 13.9. The van der Waals surface area contributed by atoms with E-state index in [2.05, 4.69) is 5.32 Å². The number of carboxylic acid groups (broad SMARTS) is 1. The van der Waals surface area contributed by atoms with E-state index in [1.807, 2.05) is 42.5 Å². The third kappa shape index (κ3) is 3.69. The molecule has 4 nitrogen and oxygen atoms in total. The Morgan fingerprint density at radius 2 is 1.90 bits per heavy atom. The van der Waals surface area contributed by atoms with Crippen LogP contribution in [0, 0.1) is 0 Å². The molecule has 21 heavy (non-hydrogen) atoms. The number of carbonyl (C=O) groups is 2. The Labute approximate surface area is 123 Å². The van der Waals surface area contributed by atoms with Crippen LogP contribution < -0.4 is 5.32 Å². The van der Waals surface area contributed by atoms with Crippen LogP contribution in [0.4, 0.5) is 0 Å². The van der Waals surface area contributed by atoms with Crippen molar-refractivity contribution in [2.75, 3.05) is 0 Å². The number of aliphatic carboxylic acids is 1. The van der Waals surface area contributed by atoms with Crippen molar-refractivity contribution >= 4 is 22.6 Å². The zero-order valence-corrected chi connectivity index (χ0v) is 11.7. The van der Waals surface area contributed by atoms with Crippen molar-refractivity contribution in [3.8, 4) is 0 Å². The highest BCUT2D eigenvalue weighted by Gasteiger charge is 2.20. The number of allylic oxidation sites excluding steroid dienone is 1. The molecule has 4 heteroatoms. The Bertz CT molecular complexity index is 686. The summed E-state index contributed by atoms with van der Waals surface area (Å²) in [7, 11) is 0. The van der Waals surface area contributed by atoms with Gasteiger partial charge in [-0.05, 0) is 29.3 Å². The third-order valence-electron chi connectivity index (χ3n) is 3.24. The van der Waals surface area contributed by atoms with Crippen molar-refractivity contribution in [2.45, 2.75) is 19.4 Å².